The highest BCUT2D eigenvalue weighted by Crippen LogP contribution is 2.28. The first-order chi connectivity index (χ1) is 12.7. The van der Waals surface area contributed by atoms with Crippen molar-refractivity contribution in [2.45, 2.75) is 6.18 Å². The zero-order valence-electron chi connectivity index (χ0n) is 13.6. The molecule has 11 heteroatoms. The number of aromatic amines is 2. The van der Waals surface area contributed by atoms with Gasteiger partial charge in [-0.2, -0.15) is 13.2 Å². The van der Waals surface area contributed by atoms with Crippen LogP contribution in [0.25, 0.3) is 11.0 Å². The van der Waals surface area contributed by atoms with Crippen molar-refractivity contribution in [3.05, 3.63) is 52.2 Å². The topological polar surface area (TPSA) is 85.6 Å². The molecular weight excluding hydrogens is 386 g/mol. The van der Waals surface area contributed by atoms with Gasteiger partial charge in [0.2, 0.25) is 0 Å². The van der Waals surface area contributed by atoms with E-state index in [-0.39, 0.29) is 29.2 Å². The molecule has 1 amide bonds. The summed E-state index contributed by atoms with van der Waals surface area (Å²) < 4.78 is 51.3. The van der Waals surface area contributed by atoms with E-state index in [2.05, 4.69) is 25.6 Å². The molecule has 0 saturated heterocycles. The number of fused-ring (bicyclic) bond motifs is 1. The van der Waals surface area contributed by atoms with Crippen LogP contribution in [0.3, 0.4) is 0 Å². The van der Waals surface area contributed by atoms with Crippen LogP contribution >= 0.6 is 12.2 Å². The minimum absolute atomic E-state index is 0.0880. The number of anilines is 1. The number of benzene rings is 1. The van der Waals surface area contributed by atoms with Gasteiger partial charge in [-0.1, -0.05) is 0 Å². The number of aromatic nitrogens is 3. The molecule has 0 aliphatic heterocycles. The van der Waals surface area contributed by atoms with Crippen molar-refractivity contribution in [3.8, 4) is 0 Å². The zero-order valence-corrected chi connectivity index (χ0v) is 14.4. The normalized spacial score (nSPS) is 11.6. The molecule has 0 bridgehead atoms. The number of alkyl halides is 3. The maximum Gasteiger partial charge on any atom is 0.417 e. The minimum Gasteiger partial charge on any atom is -0.368 e. The molecular formula is C16H13F4N5OS. The van der Waals surface area contributed by atoms with Crippen molar-refractivity contribution in [2.24, 2.45) is 0 Å². The smallest absolute Gasteiger partial charge is 0.368 e. The number of hydrogen-bond acceptors (Lipinski definition) is 4. The van der Waals surface area contributed by atoms with Gasteiger partial charge in [0.05, 0.1) is 22.2 Å². The Bertz CT molecular complexity index is 1030. The van der Waals surface area contributed by atoms with Crippen molar-refractivity contribution in [1.29, 1.82) is 0 Å². The number of nitrogens with zero attached hydrogens (tertiary/aromatic N) is 1. The number of nitrogens with one attached hydrogen (secondary N) is 4. The lowest BCUT2D eigenvalue weighted by Gasteiger charge is -2.10. The highest BCUT2D eigenvalue weighted by Gasteiger charge is 2.30. The average Bonchev–Trinajstić information content (AvgIpc) is 2.97. The van der Waals surface area contributed by atoms with Crippen molar-refractivity contribution >= 4 is 35.0 Å². The van der Waals surface area contributed by atoms with Crippen LogP contribution in [0.15, 0.2) is 30.5 Å². The largest absolute Gasteiger partial charge is 0.417 e. The molecule has 3 rings (SSSR count). The molecule has 0 spiro atoms. The fraction of sp³-hybridized carbons (Fsp3) is 0.188. The van der Waals surface area contributed by atoms with Crippen LogP contribution in [0.2, 0.25) is 0 Å². The lowest BCUT2D eigenvalue weighted by atomic mass is 10.1. The Balaban J connectivity index is 1.58. The van der Waals surface area contributed by atoms with E-state index in [1.807, 2.05) is 0 Å². The number of carbonyl (C=O) groups is 1. The molecule has 3 aromatic rings. The third-order valence-corrected chi connectivity index (χ3v) is 3.85. The molecule has 2 aromatic heterocycles. The molecule has 0 radical (unpaired) electrons. The summed E-state index contributed by atoms with van der Waals surface area (Å²) in [4.78, 5) is 21.5. The number of rotatable bonds is 5. The average molecular weight is 399 g/mol. The van der Waals surface area contributed by atoms with Crippen LogP contribution in [-0.4, -0.2) is 33.9 Å². The van der Waals surface area contributed by atoms with Crippen LogP contribution in [0.5, 0.6) is 0 Å². The fourth-order valence-corrected chi connectivity index (χ4v) is 2.63. The number of pyridine rings is 1. The highest BCUT2D eigenvalue weighted by atomic mass is 32.1. The summed E-state index contributed by atoms with van der Waals surface area (Å²) >= 11 is 4.94. The van der Waals surface area contributed by atoms with Crippen LogP contribution < -0.4 is 10.6 Å². The number of H-pyrrole nitrogens is 2. The summed E-state index contributed by atoms with van der Waals surface area (Å²) in [5, 5.41) is 5.37. The van der Waals surface area contributed by atoms with E-state index in [0.717, 1.165) is 18.3 Å². The van der Waals surface area contributed by atoms with Gasteiger partial charge in [0.25, 0.3) is 5.91 Å². The number of amides is 1. The first-order valence-electron chi connectivity index (χ1n) is 7.71. The first-order valence-corrected chi connectivity index (χ1v) is 8.12. The van der Waals surface area contributed by atoms with E-state index >= 15 is 0 Å². The maximum absolute atomic E-state index is 13.6. The zero-order chi connectivity index (χ0) is 19.6. The quantitative estimate of drug-likeness (QED) is 0.300. The fourth-order valence-electron chi connectivity index (χ4n) is 2.41. The van der Waals surface area contributed by atoms with Crippen LogP contribution in [-0.2, 0) is 6.18 Å². The van der Waals surface area contributed by atoms with E-state index in [1.54, 1.807) is 0 Å². The summed E-state index contributed by atoms with van der Waals surface area (Å²) in [6.07, 6.45) is -3.73. The third kappa shape index (κ3) is 4.42. The Morgan fingerprint density at radius 1 is 1.19 bits per heavy atom. The predicted molar refractivity (Wildman–Crippen MR) is 93.5 cm³/mol. The Hall–Kier alpha value is -2.95. The Kier molecular flexibility index (Phi) is 5.13. The van der Waals surface area contributed by atoms with Crippen molar-refractivity contribution in [3.63, 3.8) is 0 Å². The third-order valence-electron chi connectivity index (χ3n) is 3.64. The number of hydrogen-bond donors (Lipinski definition) is 4. The lowest BCUT2D eigenvalue weighted by Crippen LogP contribution is -2.29. The molecule has 4 N–H and O–H groups in total. The summed E-state index contributed by atoms with van der Waals surface area (Å²) in [6, 6.07) is 4.41. The SMILES string of the molecule is O=C(NCCNc1ccc(C(F)(F)F)cn1)c1cc(F)cc2[nH]c(=S)[nH]c12. The second-order valence-electron chi connectivity index (χ2n) is 5.57. The van der Waals surface area contributed by atoms with Crippen LogP contribution in [0.1, 0.15) is 15.9 Å². The predicted octanol–water partition coefficient (Wildman–Crippen LogP) is 3.62. The van der Waals surface area contributed by atoms with E-state index in [1.165, 1.54) is 12.1 Å². The first kappa shape index (κ1) is 18.8. The van der Waals surface area contributed by atoms with Crippen LogP contribution in [0, 0.1) is 10.6 Å². The number of carbonyl (C=O) groups excluding carboxylic acids is 1. The molecule has 0 unspecified atom stereocenters. The number of halogens is 4. The molecule has 0 fully saturated rings. The molecule has 1 aromatic carbocycles. The van der Waals surface area contributed by atoms with E-state index < -0.39 is 23.5 Å². The lowest BCUT2D eigenvalue weighted by molar-refractivity contribution is -0.137. The molecule has 0 aliphatic carbocycles. The monoisotopic (exact) mass is 399 g/mol. The standard InChI is InChI=1S/C16H13F4N5OS/c17-9-5-10(13-11(6-9)24-15(27)25-13)14(26)22-4-3-21-12-2-1-8(7-23-12)16(18,19)20/h1-2,5-7H,3-4H2,(H,21,23)(H,22,26)(H2,24,25,27). The second kappa shape index (κ2) is 7.35. The van der Waals surface area contributed by atoms with Gasteiger partial charge in [0, 0.05) is 19.3 Å². The van der Waals surface area contributed by atoms with Gasteiger partial charge in [-0.25, -0.2) is 9.37 Å². The summed E-state index contributed by atoms with van der Waals surface area (Å²) in [5.41, 5.74) is -0.00108. The van der Waals surface area contributed by atoms with Gasteiger partial charge in [-0.3, -0.25) is 4.79 Å². The summed E-state index contributed by atoms with van der Waals surface area (Å²) in [5.74, 6) is -0.878. The molecule has 0 aliphatic rings. The van der Waals surface area contributed by atoms with E-state index in [0.29, 0.717) is 11.0 Å². The van der Waals surface area contributed by atoms with Gasteiger partial charge in [0.1, 0.15) is 11.6 Å². The molecule has 0 saturated carbocycles. The van der Waals surface area contributed by atoms with Gasteiger partial charge in [0.15, 0.2) is 4.77 Å². The molecule has 142 valence electrons. The molecule has 2 heterocycles. The highest BCUT2D eigenvalue weighted by molar-refractivity contribution is 7.71. The summed E-state index contributed by atoms with van der Waals surface area (Å²) in [6.45, 7) is 0.358. The molecule has 27 heavy (non-hydrogen) atoms. The maximum atomic E-state index is 13.6. The van der Waals surface area contributed by atoms with Gasteiger partial charge < -0.3 is 20.6 Å². The van der Waals surface area contributed by atoms with E-state index in [4.69, 9.17) is 12.2 Å². The van der Waals surface area contributed by atoms with Gasteiger partial charge in [-0.05, 0) is 36.5 Å². The van der Waals surface area contributed by atoms with Gasteiger partial charge >= 0.3 is 6.18 Å². The number of imidazole rings is 1. The van der Waals surface area contributed by atoms with Crippen molar-refractivity contribution < 1.29 is 22.4 Å². The Labute approximate surface area is 155 Å². The van der Waals surface area contributed by atoms with Crippen molar-refractivity contribution in [2.75, 3.05) is 18.4 Å². The summed E-state index contributed by atoms with van der Waals surface area (Å²) in [7, 11) is 0. The minimum atomic E-state index is -4.45. The molecule has 6 nitrogen and oxygen atoms in total. The van der Waals surface area contributed by atoms with Crippen LogP contribution in [0.4, 0.5) is 23.4 Å². The van der Waals surface area contributed by atoms with Gasteiger partial charge in [-0.15, -0.1) is 0 Å². The second-order valence-corrected chi connectivity index (χ2v) is 5.98. The van der Waals surface area contributed by atoms with Crippen molar-refractivity contribution in [1.82, 2.24) is 20.3 Å². The Morgan fingerprint density at radius 3 is 2.63 bits per heavy atom. The van der Waals surface area contributed by atoms with E-state index in [9.17, 15) is 22.4 Å². The molecule has 0 atom stereocenters. The Morgan fingerprint density at radius 2 is 1.96 bits per heavy atom.